The second-order valence-corrected chi connectivity index (χ2v) is 10.9. The minimum absolute atomic E-state index is 0.266. The van der Waals surface area contributed by atoms with Gasteiger partial charge in [-0.2, -0.15) is 0 Å². The van der Waals surface area contributed by atoms with Gasteiger partial charge in [0.1, 0.15) is 5.78 Å². The van der Waals surface area contributed by atoms with Crippen molar-refractivity contribution in [3.05, 3.63) is 12.2 Å². The molecule has 2 saturated carbocycles. The van der Waals surface area contributed by atoms with E-state index in [1.165, 1.54) is 12.8 Å². The van der Waals surface area contributed by atoms with Crippen molar-refractivity contribution in [2.75, 3.05) is 0 Å². The molecule has 0 unspecified atom stereocenters. The number of hydrogen-bond acceptors (Lipinski definition) is 1. The molecular weight excluding hydrogens is 371 g/mol. The second kappa shape index (κ2) is 6.33. The normalized spacial score (nSPS) is 36.8. The molecule has 0 aliphatic heterocycles. The average Bonchev–Trinajstić information content (AvgIpc) is 2.73. The van der Waals surface area contributed by atoms with E-state index in [4.69, 9.17) is 0 Å². The predicted molar refractivity (Wildman–Crippen MR) is 98.7 cm³/mol. The third-order valence-corrected chi connectivity index (χ3v) is 7.34. The molecule has 120 valence electrons. The monoisotopic (exact) mass is 402 g/mol. The molecule has 0 amide bonds. The number of ketones is 1. The van der Waals surface area contributed by atoms with Crippen LogP contribution in [0.4, 0.5) is 0 Å². The van der Waals surface area contributed by atoms with Crippen LogP contribution in [0.2, 0.25) is 0 Å². The quantitative estimate of drug-likeness (QED) is 0.329. The van der Waals surface area contributed by atoms with Gasteiger partial charge < -0.3 is 0 Å². The lowest BCUT2D eigenvalue weighted by Crippen LogP contribution is -2.39. The Kier molecular flexibility index (Phi) is 5.27. The first-order valence-electron chi connectivity index (χ1n) is 8.56. The van der Waals surface area contributed by atoms with E-state index in [0.717, 1.165) is 19.3 Å². The Morgan fingerprint density at radius 2 is 1.95 bits per heavy atom. The van der Waals surface area contributed by atoms with E-state index in [-0.39, 0.29) is 5.41 Å². The predicted octanol–water partition coefficient (Wildman–Crippen LogP) is 5.81. The molecule has 0 spiro atoms. The Balaban J connectivity index is 2.08. The fourth-order valence-corrected chi connectivity index (χ4v) is 4.75. The van der Waals surface area contributed by atoms with Crippen LogP contribution >= 0.6 is 22.6 Å². The van der Waals surface area contributed by atoms with Crippen LogP contribution in [0, 0.1) is 29.1 Å². The molecule has 2 fully saturated rings. The number of Topliss-reactive ketones (excluding diaryl/α,β-unsaturated/α-hetero) is 1. The molecule has 2 aliphatic carbocycles. The van der Waals surface area contributed by atoms with Gasteiger partial charge in [0.25, 0.3) is 0 Å². The maximum atomic E-state index is 12.2. The molecule has 2 rings (SSSR count). The summed E-state index contributed by atoms with van der Waals surface area (Å²) in [6.45, 7) is 11.6. The Hall–Kier alpha value is 0.140. The van der Waals surface area contributed by atoms with Gasteiger partial charge in [-0.1, -0.05) is 69.4 Å². The fourth-order valence-electron chi connectivity index (χ4n) is 4.54. The van der Waals surface area contributed by atoms with Crippen LogP contribution in [0.3, 0.4) is 0 Å². The lowest BCUT2D eigenvalue weighted by molar-refractivity contribution is -0.129. The fraction of sp³-hybridized carbons (Fsp3) is 0.842. The van der Waals surface area contributed by atoms with E-state index < -0.39 is 0 Å². The number of halogens is 1. The summed E-state index contributed by atoms with van der Waals surface area (Å²) in [5.74, 6) is 2.76. The molecule has 0 heterocycles. The summed E-state index contributed by atoms with van der Waals surface area (Å²) >= 11 is 2.54. The van der Waals surface area contributed by atoms with Crippen molar-refractivity contribution in [1.29, 1.82) is 0 Å². The van der Waals surface area contributed by atoms with Gasteiger partial charge in [-0.25, -0.2) is 0 Å². The molecule has 0 N–H and O–H groups in total. The maximum Gasteiger partial charge on any atom is 0.136 e. The SMILES string of the molecule is C[C@H](/C=C/[C@H](C)C(C)(C)I)[C@H]1CC[C@H]2C(=O)CCC[C@]12C. The van der Waals surface area contributed by atoms with Gasteiger partial charge in [-0.05, 0) is 48.9 Å². The summed E-state index contributed by atoms with van der Waals surface area (Å²) in [6, 6.07) is 0. The Morgan fingerprint density at radius 3 is 2.57 bits per heavy atom. The third kappa shape index (κ3) is 3.56. The van der Waals surface area contributed by atoms with E-state index in [0.29, 0.717) is 32.9 Å². The number of carbonyl (C=O) groups is 1. The molecule has 0 aromatic rings. The van der Waals surface area contributed by atoms with E-state index in [1.807, 2.05) is 0 Å². The Labute approximate surface area is 144 Å². The largest absolute Gasteiger partial charge is 0.299 e. The van der Waals surface area contributed by atoms with Crippen LogP contribution in [0.15, 0.2) is 12.2 Å². The highest BCUT2D eigenvalue weighted by molar-refractivity contribution is 14.1. The smallest absolute Gasteiger partial charge is 0.136 e. The Morgan fingerprint density at radius 1 is 1.29 bits per heavy atom. The molecule has 0 aromatic heterocycles. The van der Waals surface area contributed by atoms with Gasteiger partial charge in [0.2, 0.25) is 0 Å². The maximum absolute atomic E-state index is 12.2. The molecule has 0 aromatic carbocycles. The van der Waals surface area contributed by atoms with Crippen molar-refractivity contribution in [2.45, 2.75) is 70.1 Å². The van der Waals surface area contributed by atoms with Crippen molar-refractivity contribution in [3.8, 4) is 0 Å². The van der Waals surface area contributed by atoms with Crippen LogP contribution in [-0.2, 0) is 4.79 Å². The van der Waals surface area contributed by atoms with Crippen LogP contribution < -0.4 is 0 Å². The van der Waals surface area contributed by atoms with Gasteiger partial charge in [-0.15, -0.1) is 0 Å². The van der Waals surface area contributed by atoms with Gasteiger partial charge in [-0.3, -0.25) is 4.79 Å². The molecule has 0 bridgehead atoms. The number of fused-ring (bicyclic) bond motifs is 1. The summed E-state index contributed by atoms with van der Waals surface area (Å²) in [6.07, 6.45) is 10.4. The first-order valence-corrected chi connectivity index (χ1v) is 9.64. The summed E-state index contributed by atoms with van der Waals surface area (Å²) in [4.78, 5) is 12.2. The summed E-state index contributed by atoms with van der Waals surface area (Å²) < 4.78 is 0.302. The highest BCUT2D eigenvalue weighted by atomic mass is 127. The first kappa shape index (κ1) is 17.5. The number of alkyl halides is 1. The number of hydrogen-bond donors (Lipinski definition) is 0. The minimum atomic E-state index is 0.266. The topological polar surface area (TPSA) is 17.1 Å². The van der Waals surface area contributed by atoms with Crippen molar-refractivity contribution in [3.63, 3.8) is 0 Å². The van der Waals surface area contributed by atoms with Gasteiger partial charge >= 0.3 is 0 Å². The zero-order chi connectivity index (χ0) is 15.8. The lowest BCUT2D eigenvalue weighted by Gasteiger charge is -2.41. The van der Waals surface area contributed by atoms with E-state index in [2.05, 4.69) is 69.4 Å². The van der Waals surface area contributed by atoms with E-state index in [9.17, 15) is 4.79 Å². The highest BCUT2D eigenvalue weighted by Gasteiger charge is 2.51. The molecule has 0 saturated heterocycles. The zero-order valence-corrected chi connectivity index (χ0v) is 16.4. The molecular formula is C19H31IO. The molecule has 0 radical (unpaired) electrons. The minimum Gasteiger partial charge on any atom is -0.299 e. The van der Waals surface area contributed by atoms with Crippen LogP contribution in [0.5, 0.6) is 0 Å². The van der Waals surface area contributed by atoms with Crippen molar-refractivity contribution in [1.82, 2.24) is 0 Å². The average molecular weight is 402 g/mol. The van der Waals surface area contributed by atoms with Crippen LogP contribution in [-0.4, -0.2) is 9.20 Å². The van der Waals surface area contributed by atoms with Gasteiger partial charge in [0, 0.05) is 15.8 Å². The van der Waals surface area contributed by atoms with Crippen LogP contribution in [0.1, 0.15) is 66.7 Å². The number of carbonyl (C=O) groups excluding carboxylic acids is 1. The zero-order valence-electron chi connectivity index (χ0n) is 14.3. The van der Waals surface area contributed by atoms with E-state index >= 15 is 0 Å². The third-order valence-electron chi connectivity index (χ3n) is 6.36. The summed E-state index contributed by atoms with van der Waals surface area (Å²) in [5.41, 5.74) is 0.266. The molecule has 2 heteroatoms. The Bertz CT molecular complexity index is 420. The molecule has 2 aliphatic rings. The van der Waals surface area contributed by atoms with Crippen LogP contribution in [0.25, 0.3) is 0 Å². The second-order valence-electron chi connectivity index (χ2n) is 8.16. The highest BCUT2D eigenvalue weighted by Crippen LogP contribution is 2.56. The molecule has 21 heavy (non-hydrogen) atoms. The van der Waals surface area contributed by atoms with Crippen molar-refractivity contribution < 1.29 is 4.79 Å². The number of allylic oxidation sites excluding steroid dienone is 2. The molecule has 1 nitrogen and oxygen atoms in total. The van der Waals surface area contributed by atoms with Crippen molar-refractivity contribution >= 4 is 28.4 Å². The lowest BCUT2D eigenvalue weighted by atomic mass is 9.62. The standard InChI is InChI=1S/C19H31IO/c1-13(8-9-14(2)18(3,4)20)15-10-11-16-17(21)7-6-12-19(15,16)5/h8-9,13-16H,6-7,10-12H2,1-5H3/b9-8+/t13-,14+,15-,16+,19-/m1/s1. The number of rotatable bonds is 4. The van der Waals surface area contributed by atoms with Gasteiger partial charge in [0.05, 0.1) is 0 Å². The first-order chi connectivity index (χ1) is 9.66. The van der Waals surface area contributed by atoms with Gasteiger partial charge in [0.15, 0.2) is 0 Å². The summed E-state index contributed by atoms with van der Waals surface area (Å²) in [7, 11) is 0. The molecule has 5 atom stereocenters. The van der Waals surface area contributed by atoms with E-state index in [1.54, 1.807) is 0 Å². The summed E-state index contributed by atoms with van der Waals surface area (Å²) in [5, 5.41) is 0. The van der Waals surface area contributed by atoms with Crippen molar-refractivity contribution in [2.24, 2.45) is 29.1 Å².